The molecule has 0 bridgehead atoms. The van der Waals surface area contributed by atoms with Crippen molar-refractivity contribution in [2.45, 2.75) is 0 Å². The third kappa shape index (κ3) is 4.79. The van der Waals surface area contributed by atoms with Crippen LogP contribution in [0, 0.1) is 0 Å². The highest BCUT2D eigenvalue weighted by molar-refractivity contribution is 6.16. The van der Waals surface area contributed by atoms with Crippen molar-refractivity contribution >= 4 is 12.0 Å². The Morgan fingerprint density at radius 3 is 2.46 bits per heavy atom. The van der Waals surface area contributed by atoms with Crippen LogP contribution in [-0.2, 0) is 4.79 Å². The van der Waals surface area contributed by atoms with Crippen molar-refractivity contribution in [3.05, 3.63) is 24.0 Å². The number of allylic oxidation sites excluding steroid dienone is 2. The lowest BCUT2D eigenvalue weighted by Gasteiger charge is -2.01. The van der Waals surface area contributed by atoms with E-state index in [4.69, 9.17) is 5.73 Å². The zero-order chi connectivity index (χ0) is 10.3. The summed E-state index contributed by atoms with van der Waals surface area (Å²) in [5, 5.41) is 0. The SMILES string of the molecule is C[NH+]=CC(=CN)C(=O)/C=C/N(C)C. The van der Waals surface area contributed by atoms with Crippen LogP contribution in [0.25, 0.3) is 0 Å². The van der Waals surface area contributed by atoms with E-state index in [1.165, 1.54) is 12.3 Å². The van der Waals surface area contributed by atoms with Crippen molar-refractivity contribution in [3.63, 3.8) is 0 Å². The molecule has 0 aromatic heterocycles. The van der Waals surface area contributed by atoms with Gasteiger partial charge in [-0.2, -0.15) is 0 Å². The molecular weight excluding hydrogens is 166 g/mol. The summed E-state index contributed by atoms with van der Waals surface area (Å²) in [4.78, 5) is 15.9. The molecule has 0 saturated heterocycles. The Kier molecular flexibility index (Phi) is 5.27. The lowest BCUT2D eigenvalue weighted by atomic mass is 10.2. The number of carbonyl (C=O) groups excluding carboxylic acids is 1. The van der Waals surface area contributed by atoms with E-state index >= 15 is 0 Å². The summed E-state index contributed by atoms with van der Waals surface area (Å²) in [5.41, 5.74) is 5.71. The number of hydrogen-bond donors (Lipinski definition) is 2. The lowest BCUT2D eigenvalue weighted by molar-refractivity contribution is -0.413. The first-order valence-corrected chi connectivity index (χ1v) is 3.93. The van der Waals surface area contributed by atoms with Crippen LogP contribution in [0.1, 0.15) is 0 Å². The zero-order valence-electron chi connectivity index (χ0n) is 8.24. The van der Waals surface area contributed by atoms with Gasteiger partial charge in [-0.25, -0.2) is 0 Å². The minimum atomic E-state index is -0.120. The molecule has 0 aromatic rings. The Hall–Kier alpha value is -1.58. The molecule has 0 fully saturated rings. The lowest BCUT2D eigenvalue weighted by Crippen LogP contribution is -2.63. The van der Waals surface area contributed by atoms with Crippen LogP contribution < -0.4 is 10.7 Å². The van der Waals surface area contributed by atoms with E-state index in [2.05, 4.69) is 4.99 Å². The van der Waals surface area contributed by atoms with Crippen molar-refractivity contribution in [2.75, 3.05) is 21.1 Å². The molecule has 0 aliphatic heterocycles. The van der Waals surface area contributed by atoms with E-state index < -0.39 is 0 Å². The Morgan fingerprint density at radius 1 is 1.46 bits per heavy atom. The second-order valence-corrected chi connectivity index (χ2v) is 2.70. The van der Waals surface area contributed by atoms with E-state index in [0.29, 0.717) is 5.57 Å². The first-order chi connectivity index (χ1) is 6.11. The van der Waals surface area contributed by atoms with Crippen LogP contribution in [0.3, 0.4) is 0 Å². The van der Waals surface area contributed by atoms with Gasteiger partial charge in [-0.3, -0.25) is 9.79 Å². The van der Waals surface area contributed by atoms with Gasteiger partial charge in [-0.15, -0.1) is 0 Å². The van der Waals surface area contributed by atoms with Gasteiger partial charge in [0.05, 0.1) is 0 Å². The summed E-state index contributed by atoms with van der Waals surface area (Å²) < 4.78 is 0. The van der Waals surface area contributed by atoms with Gasteiger partial charge in [-0.1, -0.05) is 0 Å². The number of nitrogens with zero attached hydrogens (tertiary/aromatic N) is 1. The van der Waals surface area contributed by atoms with Gasteiger partial charge in [0.1, 0.15) is 12.6 Å². The molecule has 0 spiro atoms. The summed E-state index contributed by atoms with van der Waals surface area (Å²) in [6.45, 7) is 0. The molecule has 0 atom stereocenters. The number of ketones is 1. The average Bonchev–Trinajstić information content (AvgIpc) is 2.10. The first kappa shape index (κ1) is 11.4. The second-order valence-electron chi connectivity index (χ2n) is 2.70. The van der Waals surface area contributed by atoms with Crippen molar-refractivity contribution in [1.82, 2.24) is 4.90 Å². The quantitative estimate of drug-likeness (QED) is 0.400. The Bertz CT molecular complexity index is 252. The third-order valence-corrected chi connectivity index (χ3v) is 1.29. The minimum Gasteiger partial charge on any atom is -0.404 e. The van der Waals surface area contributed by atoms with Gasteiger partial charge in [0, 0.05) is 32.6 Å². The molecule has 0 unspecified atom stereocenters. The zero-order valence-corrected chi connectivity index (χ0v) is 8.24. The van der Waals surface area contributed by atoms with Crippen LogP contribution in [0.4, 0.5) is 0 Å². The molecule has 72 valence electrons. The molecule has 0 rings (SSSR count). The number of hydrogen-bond acceptors (Lipinski definition) is 3. The summed E-state index contributed by atoms with van der Waals surface area (Å²) in [6, 6.07) is 0. The van der Waals surface area contributed by atoms with Gasteiger partial charge in [0.25, 0.3) is 0 Å². The smallest absolute Gasteiger partial charge is 0.194 e. The molecular formula is C9H16N3O+. The highest BCUT2D eigenvalue weighted by atomic mass is 16.1. The maximum Gasteiger partial charge on any atom is 0.194 e. The standard InChI is InChI=1S/C9H15N3O/c1-11-7-8(6-10)9(13)4-5-12(2)3/h4-7H,10H2,1-3H3/p+1/b5-4+,8-6?,11-7?. The Labute approximate surface area is 78.4 Å². The van der Waals surface area contributed by atoms with Crippen molar-refractivity contribution in [3.8, 4) is 0 Å². The predicted octanol–water partition coefficient (Wildman–Crippen LogP) is -1.75. The molecule has 0 aliphatic rings. The molecule has 0 saturated carbocycles. The normalized spacial score (nSPS) is 12.7. The van der Waals surface area contributed by atoms with Gasteiger partial charge < -0.3 is 10.6 Å². The minimum absolute atomic E-state index is 0.120. The fourth-order valence-corrected chi connectivity index (χ4v) is 0.670. The van der Waals surface area contributed by atoms with E-state index in [9.17, 15) is 4.79 Å². The van der Waals surface area contributed by atoms with Crippen LogP contribution in [0.15, 0.2) is 24.0 Å². The molecule has 4 heteroatoms. The van der Waals surface area contributed by atoms with Crippen LogP contribution in [-0.4, -0.2) is 38.0 Å². The van der Waals surface area contributed by atoms with E-state index in [0.717, 1.165) is 0 Å². The molecule has 0 amide bonds. The third-order valence-electron chi connectivity index (χ3n) is 1.29. The second kappa shape index (κ2) is 5.99. The molecule has 4 nitrogen and oxygen atoms in total. The molecule has 0 aliphatic carbocycles. The Balaban J connectivity index is 4.41. The predicted molar refractivity (Wildman–Crippen MR) is 53.1 cm³/mol. The average molecular weight is 182 g/mol. The van der Waals surface area contributed by atoms with Gasteiger partial charge in [0.15, 0.2) is 12.0 Å². The fourth-order valence-electron chi connectivity index (χ4n) is 0.670. The maximum atomic E-state index is 11.3. The van der Waals surface area contributed by atoms with Crippen molar-refractivity contribution < 1.29 is 9.79 Å². The van der Waals surface area contributed by atoms with Crippen molar-refractivity contribution in [1.29, 1.82) is 0 Å². The highest BCUT2D eigenvalue weighted by Crippen LogP contribution is 1.91. The summed E-state index contributed by atoms with van der Waals surface area (Å²) in [5.74, 6) is -0.120. The van der Waals surface area contributed by atoms with E-state index in [1.807, 2.05) is 14.1 Å². The largest absolute Gasteiger partial charge is 0.404 e. The van der Waals surface area contributed by atoms with Crippen LogP contribution >= 0.6 is 0 Å². The molecule has 0 heterocycles. The molecule has 0 radical (unpaired) electrons. The molecule has 3 N–H and O–H groups in total. The van der Waals surface area contributed by atoms with Gasteiger partial charge in [-0.05, 0) is 0 Å². The van der Waals surface area contributed by atoms with Gasteiger partial charge in [0.2, 0.25) is 0 Å². The first-order valence-electron chi connectivity index (χ1n) is 3.93. The highest BCUT2D eigenvalue weighted by Gasteiger charge is 2.04. The summed E-state index contributed by atoms with van der Waals surface area (Å²) >= 11 is 0. The molecule has 13 heavy (non-hydrogen) atoms. The molecule has 0 aromatic carbocycles. The number of carbonyl (C=O) groups is 1. The van der Waals surface area contributed by atoms with E-state index in [-0.39, 0.29) is 5.78 Å². The monoisotopic (exact) mass is 182 g/mol. The number of nitrogens with one attached hydrogen (secondary N) is 1. The maximum absolute atomic E-state index is 11.3. The van der Waals surface area contributed by atoms with Crippen molar-refractivity contribution in [2.24, 2.45) is 5.73 Å². The number of rotatable bonds is 4. The van der Waals surface area contributed by atoms with Gasteiger partial charge >= 0.3 is 0 Å². The summed E-state index contributed by atoms with van der Waals surface area (Å²) in [7, 11) is 5.40. The topological polar surface area (TPSA) is 60.3 Å². The Morgan fingerprint density at radius 2 is 2.08 bits per heavy atom. The fraction of sp³-hybridized carbons (Fsp3) is 0.333. The van der Waals surface area contributed by atoms with Crippen LogP contribution in [0.5, 0.6) is 0 Å². The number of nitrogens with two attached hydrogens (primary N) is 1. The van der Waals surface area contributed by atoms with Crippen LogP contribution in [0.2, 0.25) is 0 Å². The van der Waals surface area contributed by atoms with E-state index in [1.54, 1.807) is 24.4 Å². The summed E-state index contributed by atoms with van der Waals surface area (Å²) in [6.07, 6.45) is 5.98.